The molecule has 2 saturated heterocycles. The number of ether oxygens (including phenoxy) is 3. The average Bonchev–Trinajstić information content (AvgIpc) is 2.85. The molecule has 19 heavy (non-hydrogen) atoms. The highest BCUT2D eigenvalue weighted by molar-refractivity contribution is 5.72. The molecular formula is C14H25NO4. The van der Waals surface area contributed by atoms with Gasteiger partial charge in [0.15, 0.2) is 0 Å². The Balaban J connectivity index is 1.88. The minimum absolute atomic E-state index is 0.0777. The molecule has 3 atom stereocenters. The maximum atomic E-state index is 11.5. The Kier molecular flexibility index (Phi) is 4.81. The summed E-state index contributed by atoms with van der Waals surface area (Å²) in [4.78, 5) is 13.8. The Morgan fingerprint density at radius 1 is 1.53 bits per heavy atom. The summed E-state index contributed by atoms with van der Waals surface area (Å²) in [7, 11) is 3.52. The van der Waals surface area contributed by atoms with E-state index in [0.717, 1.165) is 39.0 Å². The first kappa shape index (κ1) is 14.8. The van der Waals surface area contributed by atoms with Crippen LogP contribution in [0, 0.1) is 5.92 Å². The second kappa shape index (κ2) is 6.20. The van der Waals surface area contributed by atoms with Gasteiger partial charge in [0.05, 0.1) is 25.2 Å². The molecule has 2 heterocycles. The van der Waals surface area contributed by atoms with Gasteiger partial charge in [0.1, 0.15) is 0 Å². The molecule has 0 saturated carbocycles. The lowest BCUT2D eigenvalue weighted by Crippen LogP contribution is -2.49. The summed E-state index contributed by atoms with van der Waals surface area (Å²) in [5, 5.41) is 0. The first-order chi connectivity index (χ1) is 9.06. The van der Waals surface area contributed by atoms with Gasteiger partial charge in [-0.15, -0.1) is 0 Å². The zero-order valence-corrected chi connectivity index (χ0v) is 12.2. The summed E-state index contributed by atoms with van der Waals surface area (Å²) < 4.78 is 16.2. The summed E-state index contributed by atoms with van der Waals surface area (Å²) in [5.74, 6) is -0.230. The zero-order valence-electron chi connectivity index (χ0n) is 12.2. The number of carbonyl (C=O) groups excluding carboxylic acids is 1. The largest absolute Gasteiger partial charge is 0.469 e. The molecule has 0 aromatic carbocycles. The number of carbonyl (C=O) groups is 1. The van der Waals surface area contributed by atoms with Crippen LogP contribution in [0.4, 0.5) is 0 Å². The van der Waals surface area contributed by atoms with Gasteiger partial charge in [-0.2, -0.15) is 0 Å². The number of nitrogens with zero attached hydrogens (tertiary/aromatic N) is 1. The lowest BCUT2D eigenvalue weighted by atomic mass is 9.88. The molecule has 0 aromatic heterocycles. The smallest absolute Gasteiger partial charge is 0.309 e. The van der Waals surface area contributed by atoms with Crippen LogP contribution in [-0.4, -0.2) is 63.0 Å². The fraction of sp³-hybridized carbons (Fsp3) is 0.929. The van der Waals surface area contributed by atoms with Crippen LogP contribution in [-0.2, 0) is 19.0 Å². The molecule has 0 N–H and O–H groups in total. The van der Waals surface area contributed by atoms with Crippen molar-refractivity contribution < 1.29 is 19.0 Å². The molecular weight excluding hydrogens is 246 g/mol. The van der Waals surface area contributed by atoms with Crippen LogP contribution in [0.5, 0.6) is 0 Å². The minimum atomic E-state index is -0.141. The van der Waals surface area contributed by atoms with Crippen molar-refractivity contribution in [3.05, 3.63) is 0 Å². The SMILES string of the molecule is COC(=O)C(C)CN(C)C1CCOC2(CCOC2)C1. The molecule has 0 aliphatic carbocycles. The van der Waals surface area contributed by atoms with Gasteiger partial charge in [-0.05, 0) is 19.9 Å². The maximum absolute atomic E-state index is 11.5. The first-order valence-corrected chi connectivity index (χ1v) is 7.06. The highest BCUT2D eigenvalue weighted by Crippen LogP contribution is 2.34. The van der Waals surface area contributed by atoms with Gasteiger partial charge in [0.2, 0.25) is 0 Å². The Bertz CT molecular complexity index is 315. The van der Waals surface area contributed by atoms with Gasteiger partial charge < -0.3 is 19.1 Å². The number of hydrogen-bond donors (Lipinski definition) is 0. The molecule has 5 heteroatoms. The lowest BCUT2D eigenvalue weighted by Gasteiger charge is -2.41. The van der Waals surface area contributed by atoms with Crippen molar-refractivity contribution in [1.82, 2.24) is 4.90 Å². The third-order valence-corrected chi connectivity index (χ3v) is 4.32. The molecule has 0 radical (unpaired) electrons. The van der Waals surface area contributed by atoms with E-state index in [2.05, 4.69) is 11.9 Å². The number of hydrogen-bond acceptors (Lipinski definition) is 5. The summed E-state index contributed by atoms with van der Waals surface area (Å²) in [6.07, 6.45) is 3.01. The first-order valence-electron chi connectivity index (χ1n) is 7.06. The van der Waals surface area contributed by atoms with E-state index in [1.54, 1.807) is 0 Å². The quantitative estimate of drug-likeness (QED) is 0.716. The Labute approximate surface area is 115 Å². The molecule has 2 aliphatic rings. The van der Waals surface area contributed by atoms with Crippen LogP contribution in [0.2, 0.25) is 0 Å². The Morgan fingerprint density at radius 3 is 2.95 bits per heavy atom. The van der Waals surface area contributed by atoms with Gasteiger partial charge in [-0.3, -0.25) is 4.79 Å². The van der Waals surface area contributed by atoms with E-state index in [0.29, 0.717) is 12.6 Å². The van der Waals surface area contributed by atoms with Crippen LogP contribution in [0.15, 0.2) is 0 Å². The summed E-state index contributed by atoms with van der Waals surface area (Å²) in [5.41, 5.74) is -0.0777. The number of esters is 1. The van der Waals surface area contributed by atoms with Gasteiger partial charge in [-0.1, -0.05) is 6.92 Å². The highest BCUT2D eigenvalue weighted by Gasteiger charge is 2.42. The molecule has 3 unspecified atom stereocenters. The van der Waals surface area contributed by atoms with Crippen molar-refractivity contribution in [3.8, 4) is 0 Å². The zero-order chi connectivity index (χ0) is 13.9. The highest BCUT2D eigenvalue weighted by atomic mass is 16.6. The normalized spacial score (nSPS) is 32.7. The van der Waals surface area contributed by atoms with E-state index in [1.807, 2.05) is 6.92 Å². The molecule has 2 fully saturated rings. The van der Waals surface area contributed by atoms with Crippen molar-refractivity contribution in [1.29, 1.82) is 0 Å². The Hall–Kier alpha value is -0.650. The third-order valence-electron chi connectivity index (χ3n) is 4.32. The number of methoxy groups -OCH3 is 1. The third kappa shape index (κ3) is 3.46. The molecule has 1 spiro atoms. The predicted molar refractivity (Wildman–Crippen MR) is 71.0 cm³/mol. The van der Waals surface area contributed by atoms with Gasteiger partial charge in [-0.25, -0.2) is 0 Å². The van der Waals surface area contributed by atoms with Crippen molar-refractivity contribution in [3.63, 3.8) is 0 Å². The molecule has 110 valence electrons. The summed E-state index contributed by atoms with van der Waals surface area (Å²) in [6, 6.07) is 0.461. The van der Waals surface area contributed by atoms with Crippen LogP contribution in [0.3, 0.4) is 0 Å². The van der Waals surface area contributed by atoms with Gasteiger partial charge in [0, 0.05) is 32.2 Å². The van der Waals surface area contributed by atoms with Crippen LogP contribution in [0.1, 0.15) is 26.2 Å². The molecule has 0 aromatic rings. The van der Waals surface area contributed by atoms with Crippen molar-refractivity contribution in [2.75, 3.05) is 40.5 Å². The topological polar surface area (TPSA) is 48.0 Å². The second-order valence-electron chi connectivity index (χ2n) is 5.84. The molecule has 0 bridgehead atoms. The van der Waals surface area contributed by atoms with Crippen LogP contribution >= 0.6 is 0 Å². The maximum Gasteiger partial charge on any atom is 0.309 e. The van der Waals surface area contributed by atoms with E-state index in [-0.39, 0.29) is 17.5 Å². The summed E-state index contributed by atoms with van der Waals surface area (Å²) in [6.45, 7) is 4.94. The molecule has 2 aliphatic heterocycles. The van der Waals surface area contributed by atoms with Gasteiger partial charge >= 0.3 is 5.97 Å². The predicted octanol–water partition coefficient (Wildman–Crippen LogP) is 1.07. The minimum Gasteiger partial charge on any atom is -0.469 e. The van der Waals surface area contributed by atoms with E-state index < -0.39 is 0 Å². The van der Waals surface area contributed by atoms with E-state index in [4.69, 9.17) is 14.2 Å². The van der Waals surface area contributed by atoms with E-state index in [9.17, 15) is 4.79 Å². The van der Waals surface area contributed by atoms with Crippen LogP contribution < -0.4 is 0 Å². The van der Waals surface area contributed by atoms with Crippen LogP contribution in [0.25, 0.3) is 0 Å². The fourth-order valence-electron chi connectivity index (χ4n) is 3.10. The van der Waals surface area contributed by atoms with E-state index in [1.165, 1.54) is 7.11 Å². The fourth-order valence-corrected chi connectivity index (χ4v) is 3.10. The van der Waals surface area contributed by atoms with Gasteiger partial charge in [0.25, 0.3) is 0 Å². The van der Waals surface area contributed by atoms with Crippen molar-refractivity contribution in [2.24, 2.45) is 5.92 Å². The molecule has 2 rings (SSSR count). The Morgan fingerprint density at radius 2 is 2.32 bits per heavy atom. The monoisotopic (exact) mass is 271 g/mol. The lowest BCUT2D eigenvalue weighted by molar-refractivity contribution is -0.146. The number of rotatable bonds is 4. The molecule has 5 nitrogen and oxygen atoms in total. The molecule has 0 amide bonds. The second-order valence-corrected chi connectivity index (χ2v) is 5.84. The average molecular weight is 271 g/mol. The summed E-state index contributed by atoms with van der Waals surface area (Å²) >= 11 is 0. The van der Waals surface area contributed by atoms with E-state index >= 15 is 0 Å². The van der Waals surface area contributed by atoms with Crippen molar-refractivity contribution >= 4 is 5.97 Å². The van der Waals surface area contributed by atoms with Crippen molar-refractivity contribution in [2.45, 2.75) is 37.8 Å². The standard InChI is InChI=1S/C14H25NO4/c1-11(13(16)17-3)9-15(2)12-4-6-19-14(8-12)5-7-18-10-14/h11-12H,4-10H2,1-3H3.